The van der Waals surface area contributed by atoms with Crippen LogP contribution in [0.5, 0.6) is 0 Å². The quantitative estimate of drug-likeness (QED) is 0.895. The smallest absolute Gasteiger partial charge is 0.234 e. The second-order valence-electron chi connectivity index (χ2n) is 7.71. The number of likely N-dealkylation sites (tertiary alicyclic amines) is 1. The van der Waals surface area contributed by atoms with Crippen LogP contribution in [0.4, 0.5) is 0 Å². The molecule has 1 atom stereocenters. The minimum atomic E-state index is 0.143. The summed E-state index contributed by atoms with van der Waals surface area (Å²) in [5, 5.41) is 12.0. The highest BCUT2D eigenvalue weighted by Crippen LogP contribution is 2.27. The van der Waals surface area contributed by atoms with Crippen molar-refractivity contribution in [1.82, 2.24) is 25.0 Å². The lowest BCUT2D eigenvalue weighted by Gasteiger charge is -2.32. The van der Waals surface area contributed by atoms with Crippen molar-refractivity contribution in [2.24, 2.45) is 5.92 Å². The lowest BCUT2D eigenvalue weighted by atomic mass is 9.97. The minimum absolute atomic E-state index is 0.143. The van der Waals surface area contributed by atoms with Gasteiger partial charge in [-0.1, -0.05) is 20.3 Å². The van der Waals surface area contributed by atoms with Crippen molar-refractivity contribution >= 4 is 5.91 Å². The van der Waals surface area contributed by atoms with Gasteiger partial charge in [-0.2, -0.15) is 0 Å². The maximum Gasteiger partial charge on any atom is 0.234 e. The van der Waals surface area contributed by atoms with Crippen LogP contribution in [0.15, 0.2) is 0 Å². The molecule has 3 heterocycles. The molecule has 24 heavy (non-hydrogen) atoms. The van der Waals surface area contributed by atoms with Crippen molar-refractivity contribution in [2.75, 3.05) is 26.2 Å². The van der Waals surface area contributed by atoms with E-state index in [1.807, 2.05) is 0 Å². The Balaban J connectivity index is 1.60. The average Bonchev–Trinajstić information content (AvgIpc) is 2.82. The predicted octanol–water partition coefficient (Wildman–Crippen LogP) is 1.96. The lowest BCUT2D eigenvalue weighted by Crippen LogP contribution is -2.43. The minimum Gasteiger partial charge on any atom is -0.355 e. The molecule has 6 nitrogen and oxygen atoms in total. The second kappa shape index (κ2) is 8.10. The number of nitrogens with zero attached hydrogens (tertiary/aromatic N) is 4. The van der Waals surface area contributed by atoms with Gasteiger partial charge in [-0.05, 0) is 38.1 Å². The van der Waals surface area contributed by atoms with E-state index in [9.17, 15) is 4.79 Å². The molecule has 2 aliphatic heterocycles. The number of rotatable bonds is 5. The zero-order valence-electron chi connectivity index (χ0n) is 15.1. The molecule has 6 heteroatoms. The summed E-state index contributed by atoms with van der Waals surface area (Å²) in [7, 11) is 0. The highest BCUT2D eigenvalue weighted by molar-refractivity contribution is 5.78. The molecule has 1 unspecified atom stereocenters. The highest BCUT2D eigenvalue weighted by Gasteiger charge is 2.28. The van der Waals surface area contributed by atoms with E-state index in [1.54, 1.807) is 0 Å². The van der Waals surface area contributed by atoms with Crippen LogP contribution >= 0.6 is 0 Å². The fourth-order valence-electron chi connectivity index (χ4n) is 3.80. The van der Waals surface area contributed by atoms with Crippen molar-refractivity contribution in [2.45, 2.75) is 64.8 Å². The van der Waals surface area contributed by atoms with Gasteiger partial charge >= 0.3 is 0 Å². The Hall–Kier alpha value is -1.43. The Morgan fingerprint density at radius 1 is 1.21 bits per heavy atom. The first-order valence-electron chi connectivity index (χ1n) is 9.54. The zero-order chi connectivity index (χ0) is 16.9. The summed E-state index contributed by atoms with van der Waals surface area (Å²) in [5.41, 5.74) is 0. The number of carbonyl (C=O) groups is 1. The van der Waals surface area contributed by atoms with E-state index in [0.717, 1.165) is 57.1 Å². The van der Waals surface area contributed by atoms with Crippen LogP contribution in [0.25, 0.3) is 0 Å². The van der Waals surface area contributed by atoms with Gasteiger partial charge in [-0.15, -0.1) is 10.2 Å². The molecular weight excluding hydrogens is 302 g/mol. The van der Waals surface area contributed by atoms with Gasteiger partial charge < -0.3 is 9.88 Å². The Labute approximate surface area is 145 Å². The molecule has 1 amide bonds. The van der Waals surface area contributed by atoms with Gasteiger partial charge in [0.05, 0.1) is 6.54 Å². The molecule has 134 valence electrons. The number of aromatic nitrogens is 3. The van der Waals surface area contributed by atoms with Gasteiger partial charge in [0.2, 0.25) is 5.91 Å². The fourth-order valence-corrected chi connectivity index (χ4v) is 3.80. The van der Waals surface area contributed by atoms with Crippen LogP contribution in [0.2, 0.25) is 0 Å². The number of aryl methyl sites for hydroxylation is 1. The molecular formula is C18H31N5O. The van der Waals surface area contributed by atoms with Crippen molar-refractivity contribution in [3.05, 3.63) is 11.6 Å². The highest BCUT2D eigenvalue weighted by atomic mass is 16.2. The third-order valence-corrected chi connectivity index (χ3v) is 5.08. The molecule has 3 rings (SSSR count). The van der Waals surface area contributed by atoms with Crippen molar-refractivity contribution in [3.8, 4) is 0 Å². The molecule has 1 N–H and O–H groups in total. The van der Waals surface area contributed by atoms with Crippen molar-refractivity contribution < 1.29 is 4.79 Å². The average molecular weight is 333 g/mol. The van der Waals surface area contributed by atoms with Crippen LogP contribution in [0.1, 0.15) is 63.5 Å². The summed E-state index contributed by atoms with van der Waals surface area (Å²) in [5.74, 6) is 3.36. The number of piperidine rings is 1. The Bertz CT molecular complexity index is 554. The van der Waals surface area contributed by atoms with E-state index in [4.69, 9.17) is 0 Å². The van der Waals surface area contributed by atoms with Gasteiger partial charge in [-0.25, -0.2) is 0 Å². The summed E-state index contributed by atoms with van der Waals surface area (Å²) >= 11 is 0. The monoisotopic (exact) mass is 333 g/mol. The first-order valence-corrected chi connectivity index (χ1v) is 9.54. The molecule has 1 saturated heterocycles. The van der Waals surface area contributed by atoms with Crippen molar-refractivity contribution in [1.29, 1.82) is 0 Å². The van der Waals surface area contributed by atoms with Gasteiger partial charge in [0.25, 0.3) is 0 Å². The molecule has 0 bridgehead atoms. The topological polar surface area (TPSA) is 63.1 Å². The predicted molar refractivity (Wildman–Crippen MR) is 93.8 cm³/mol. The van der Waals surface area contributed by atoms with Crippen LogP contribution in [-0.2, 0) is 17.8 Å². The van der Waals surface area contributed by atoms with E-state index >= 15 is 0 Å². The number of fused-ring (bicyclic) bond motifs is 1. The number of amides is 1. The number of hydrogen-bond acceptors (Lipinski definition) is 4. The molecule has 1 aromatic rings. The summed E-state index contributed by atoms with van der Waals surface area (Å²) < 4.78 is 2.36. The number of nitrogens with one attached hydrogen (secondary N) is 1. The summed E-state index contributed by atoms with van der Waals surface area (Å²) in [4.78, 5) is 14.4. The molecule has 1 fully saturated rings. The molecule has 0 radical (unpaired) electrons. The molecule has 0 saturated carbocycles. The standard InChI is InChI=1S/C18H31N5O/c1-14(2)11-19-17(24)13-22-9-6-7-15(12-22)18-21-20-16-8-4-3-5-10-23(16)18/h14-15H,3-13H2,1-2H3,(H,19,24). The Morgan fingerprint density at radius 3 is 2.92 bits per heavy atom. The van der Waals surface area contributed by atoms with Crippen LogP contribution in [0.3, 0.4) is 0 Å². The Kier molecular flexibility index (Phi) is 5.87. The summed E-state index contributed by atoms with van der Waals surface area (Å²) in [6.45, 7) is 8.49. The SMILES string of the molecule is CC(C)CNC(=O)CN1CCCC(c2nnc3n2CCCCC3)C1. The van der Waals surface area contributed by atoms with Gasteiger partial charge in [0.1, 0.15) is 11.6 Å². The van der Waals surface area contributed by atoms with Gasteiger partial charge in [0, 0.05) is 32.0 Å². The van der Waals surface area contributed by atoms with Gasteiger partial charge in [-0.3, -0.25) is 9.69 Å². The largest absolute Gasteiger partial charge is 0.355 e. The van der Waals surface area contributed by atoms with Crippen LogP contribution in [0, 0.1) is 5.92 Å². The maximum atomic E-state index is 12.1. The molecule has 0 spiro atoms. The second-order valence-corrected chi connectivity index (χ2v) is 7.71. The van der Waals surface area contributed by atoms with Crippen LogP contribution in [-0.4, -0.2) is 51.8 Å². The normalized spacial score (nSPS) is 22.2. The third kappa shape index (κ3) is 4.35. The first-order chi connectivity index (χ1) is 11.6. The van der Waals surface area contributed by atoms with E-state index in [1.165, 1.54) is 19.3 Å². The number of carbonyl (C=O) groups excluding carboxylic acids is 1. The molecule has 1 aromatic heterocycles. The van der Waals surface area contributed by atoms with E-state index in [-0.39, 0.29) is 5.91 Å². The summed E-state index contributed by atoms with van der Waals surface area (Å²) in [6, 6.07) is 0. The van der Waals surface area contributed by atoms with Gasteiger partial charge in [0.15, 0.2) is 0 Å². The molecule has 0 aromatic carbocycles. The fraction of sp³-hybridized carbons (Fsp3) is 0.833. The lowest BCUT2D eigenvalue weighted by molar-refractivity contribution is -0.122. The zero-order valence-corrected chi connectivity index (χ0v) is 15.1. The van der Waals surface area contributed by atoms with E-state index in [2.05, 4.69) is 38.8 Å². The third-order valence-electron chi connectivity index (χ3n) is 5.08. The van der Waals surface area contributed by atoms with Crippen molar-refractivity contribution in [3.63, 3.8) is 0 Å². The van der Waals surface area contributed by atoms with Crippen LogP contribution < -0.4 is 5.32 Å². The summed E-state index contributed by atoms with van der Waals surface area (Å²) in [6.07, 6.45) is 7.08. The Morgan fingerprint density at radius 2 is 2.08 bits per heavy atom. The van der Waals surface area contributed by atoms with E-state index < -0.39 is 0 Å². The van der Waals surface area contributed by atoms with E-state index in [0.29, 0.717) is 18.4 Å². The molecule has 2 aliphatic rings. The first kappa shape index (κ1) is 17.4. The maximum absolute atomic E-state index is 12.1. The molecule has 0 aliphatic carbocycles. The number of hydrogen-bond donors (Lipinski definition) is 1.